The van der Waals surface area contributed by atoms with Crippen LogP contribution in [0.2, 0.25) is 0 Å². The van der Waals surface area contributed by atoms with Crippen LogP contribution in [0.4, 0.5) is 4.79 Å². The van der Waals surface area contributed by atoms with Gasteiger partial charge in [0.25, 0.3) is 0 Å². The number of carboxylic acids is 1. The zero-order chi connectivity index (χ0) is 30.9. The Morgan fingerprint density at radius 2 is 1.81 bits per heavy atom. The largest absolute Gasteiger partial charge is 0.491 e. The monoisotopic (exact) mass is 586 g/mol. The number of nitrogens with zero attached hydrogens (tertiary/aromatic N) is 2. The summed E-state index contributed by atoms with van der Waals surface area (Å²) in [6.45, 7) is 15.1. The number of amides is 1. The average molecular weight is 587 g/mol. The van der Waals surface area contributed by atoms with E-state index in [4.69, 9.17) is 9.47 Å². The van der Waals surface area contributed by atoms with Gasteiger partial charge in [-0.3, -0.25) is 4.90 Å². The smallest absolute Gasteiger partial charge is 0.410 e. The van der Waals surface area contributed by atoms with Crippen LogP contribution in [-0.2, 0) is 11.3 Å². The van der Waals surface area contributed by atoms with Gasteiger partial charge in [-0.15, -0.1) is 6.58 Å². The summed E-state index contributed by atoms with van der Waals surface area (Å²) in [6.07, 6.45) is 8.03. The summed E-state index contributed by atoms with van der Waals surface area (Å²) in [6, 6.07) is 13.2. The second kappa shape index (κ2) is 12.1. The first-order chi connectivity index (χ1) is 20.4. The molecule has 230 valence electrons. The number of carboxylic acid groups (broad SMARTS) is 1. The number of ether oxygens (including phenoxy) is 2. The Balaban J connectivity index is 1.71. The number of carbonyl (C=O) groups excluding carboxylic acids is 1. The van der Waals surface area contributed by atoms with E-state index in [2.05, 4.69) is 31.1 Å². The number of aromatic carboxylic acids is 1. The van der Waals surface area contributed by atoms with Gasteiger partial charge in [0.15, 0.2) is 0 Å². The van der Waals surface area contributed by atoms with E-state index in [0.717, 1.165) is 40.8 Å². The van der Waals surface area contributed by atoms with Crippen molar-refractivity contribution < 1.29 is 24.2 Å². The van der Waals surface area contributed by atoms with Gasteiger partial charge in [-0.2, -0.15) is 0 Å². The number of rotatable bonds is 7. The zero-order valence-corrected chi connectivity index (χ0v) is 26.3. The van der Waals surface area contributed by atoms with Crippen LogP contribution in [0.5, 0.6) is 5.75 Å². The highest BCUT2D eigenvalue weighted by molar-refractivity contribution is 5.98. The van der Waals surface area contributed by atoms with Crippen molar-refractivity contribution in [3.05, 3.63) is 66.2 Å². The highest BCUT2D eigenvalue weighted by Crippen LogP contribution is 2.47. The second-order valence-corrected chi connectivity index (χ2v) is 13.8. The third kappa shape index (κ3) is 6.61. The summed E-state index contributed by atoms with van der Waals surface area (Å²) in [5.74, 6) is 0.177. The molecule has 2 aromatic carbocycles. The van der Waals surface area contributed by atoms with Gasteiger partial charge in [0.05, 0.1) is 17.3 Å². The molecule has 2 aliphatic rings. The number of benzene rings is 2. The summed E-state index contributed by atoms with van der Waals surface area (Å²) in [5, 5.41) is 11.0. The molecule has 1 aromatic heterocycles. The predicted octanol–water partition coefficient (Wildman–Crippen LogP) is 8.65. The van der Waals surface area contributed by atoms with Crippen LogP contribution in [-0.4, -0.2) is 51.4 Å². The Bertz CT molecular complexity index is 1510. The van der Waals surface area contributed by atoms with Crippen LogP contribution in [0, 0.1) is 5.41 Å². The fourth-order valence-electron chi connectivity index (χ4n) is 6.47. The van der Waals surface area contributed by atoms with Crippen LogP contribution in [0.25, 0.3) is 22.2 Å². The lowest BCUT2D eigenvalue weighted by atomic mass is 9.81. The lowest BCUT2D eigenvalue weighted by Gasteiger charge is -2.37. The molecule has 0 bridgehead atoms. The highest BCUT2D eigenvalue weighted by Gasteiger charge is 2.35. The molecule has 7 heteroatoms. The van der Waals surface area contributed by atoms with Gasteiger partial charge in [-0.1, -0.05) is 57.4 Å². The summed E-state index contributed by atoms with van der Waals surface area (Å²) >= 11 is 0. The third-order valence-corrected chi connectivity index (χ3v) is 8.95. The molecule has 1 N–H and O–H groups in total. The van der Waals surface area contributed by atoms with E-state index in [-0.39, 0.29) is 29.7 Å². The number of hydrogen-bond donors (Lipinski definition) is 1. The number of fused-ring (bicyclic) bond motifs is 5. The molecule has 1 aliphatic carbocycles. The minimum Gasteiger partial charge on any atom is -0.491 e. The lowest BCUT2D eigenvalue weighted by Crippen LogP contribution is -2.49. The van der Waals surface area contributed by atoms with E-state index in [0.29, 0.717) is 25.4 Å². The maximum atomic E-state index is 13.8. The maximum Gasteiger partial charge on any atom is 0.410 e. The SMILES string of the molecule is C=CC(C)(C)CCN(C(=O)OC(C)(C)C)[C@H]1COc2ccccc2-c2c(C3CCCCC3)c3ccc(C(=O)O)cc3n2C1. The number of hydrogen-bond acceptors (Lipinski definition) is 4. The first-order valence-electron chi connectivity index (χ1n) is 15.6. The highest BCUT2D eigenvalue weighted by atomic mass is 16.6. The Morgan fingerprint density at radius 1 is 1.09 bits per heavy atom. The summed E-state index contributed by atoms with van der Waals surface area (Å²) < 4.78 is 14.7. The maximum absolute atomic E-state index is 13.8. The Kier molecular flexibility index (Phi) is 8.64. The van der Waals surface area contributed by atoms with E-state index in [1.807, 2.05) is 51.1 Å². The van der Waals surface area contributed by atoms with Gasteiger partial charge in [0, 0.05) is 29.6 Å². The molecule has 0 spiro atoms. The second-order valence-electron chi connectivity index (χ2n) is 13.8. The molecule has 2 heterocycles. The van der Waals surface area contributed by atoms with Crippen molar-refractivity contribution in [3.8, 4) is 17.0 Å². The van der Waals surface area contributed by atoms with Crippen molar-refractivity contribution in [1.29, 1.82) is 0 Å². The zero-order valence-electron chi connectivity index (χ0n) is 26.3. The number of carbonyl (C=O) groups is 2. The van der Waals surface area contributed by atoms with Gasteiger partial charge in [-0.05, 0) is 81.2 Å². The first-order valence-corrected chi connectivity index (χ1v) is 15.6. The quantitative estimate of drug-likeness (QED) is 0.280. The van der Waals surface area contributed by atoms with Crippen molar-refractivity contribution in [2.75, 3.05) is 13.2 Å². The van der Waals surface area contributed by atoms with Crippen LogP contribution in [0.1, 0.15) is 95.0 Å². The van der Waals surface area contributed by atoms with Crippen molar-refractivity contribution in [1.82, 2.24) is 9.47 Å². The van der Waals surface area contributed by atoms with E-state index in [1.165, 1.54) is 24.8 Å². The molecule has 43 heavy (non-hydrogen) atoms. The van der Waals surface area contributed by atoms with Crippen molar-refractivity contribution in [2.24, 2.45) is 5.41 Å². The molecule has 1 aliphatic heterocycles. The molecule has 1 fully saturated rings. The topological polar surface area (TPSA) is 81.0 Å². The van der Waals surface area contributed by atoms with Gasteiger partial charge < -0.3 is 19.1 Å². The molecule has 0 unspecified atom stereocenters. The van der Waals surface area contributed by atoms with Crippen molar-refractivity contribution in [2.45, 2.75) is 97.2 Å². The Morgan fingerprint density at radius 3 is 2.49 bits per heavy atom. The minimum absolute atomic E-state index is 0.175. The Labute approximate surface area is 255 Å². The molecule has 1 atom stereocenters. The van der Waals surface area contributed by atoms with Gasteiger partial charge >= 0.3 is 12.1 Å². The fourth-order valence-corrected chi connectivity index (χ4v) is 6.47. The predicted molar refractivity (Wildman–Crippen MR) is 171 cm³/mol. The van der Waals surface area contributed by atoms with Crippen LogP contribution < -0.4 is 4.74 Å². The standard InChI is InChI=1S/C36H46N2O5/c1-7-36(5,6)19-20-37(34(41)43-35(2,3)4)26-22-38-29-21-25(33(39)40)17-18-27(29)31(24-13-9-8-10-14-24)32(38)28-15-11-12-16-30(28)42-23-26/h7,11-12,15-18,21,24,26H,1,8-10,13-14,19-20,22-23H2,2-6H3,(H,39,40)/t26-/m1/s1. The average Bonchev–Trinajstić information content (AvgIpc) is 3.26. The molecule has 5 rings (SSSR count). The molecule has 1 saturated carbocycles. The fraction of sp³-hybridized carbons (Fsp3) is 0.500. The van der Waals surface area contributed by atoms with Crippen LogP contribution >= 0.6 is 0 Å². The van der Waals surface area contributed by atoms with Crippen LogP contribution in [0.3, 0.4) is 0 Å². The van der Waals surface area contributed by atoms with Crippen molar-refractivity contribution >= 4 is 23.0 Å². The van der Waals surface area contributed by atoms with Crippen molar-refractivity contribution in [3.63, 3.8) is 0 Å². The van der Waals surface area contributed by atoms with Gasteiger partial charge in [0.2, 0.25) is 0 Å². The van der Waals surface area contributed by atoms with Crippen LogP contribution in [0.15, 0.2) is 55.1 Å². The molecular formula is C36H46N2O5. The summed E-state index contributed by atoms with van der Waals surface area (Å²) in [7, 11) is 0. The first kappa shape index (κ1) is 30.7. The number of para-hydroxylation sites is 1. The third-order valence-electron chi connectivity index (χ3n) is 8.95. The molecule has 7 nitrogen and oxygen atoms in total. The van der Waals surface area contributed by atoms with E-state index >= 15 is 0 Å². The molecular weight excluding hydrogens is 540 g/mol. The number of aromatic nitrogens is 1. The lowest BCUT2D eigenvalue weighted by molar-refractivity contribution is 0.00665. The summed E-state index contributed by atoms with van der Waals surface area (Å²) in [4.78, 5) is 27.8. The summed E-state index contributed by atoms with van der Waals surface area (Å²) in [5.41, 5.74) is 3.64. The molecule has 1 amide bonds. The Hall–Kier alpha value is -3.74. The molecule has 3 aromatic rings. The van der Waals surface area contributed by atoms with E-state index < -0.39 is 11.6 Å². The van der Waals surface area contributed by atoms with Gasteiger partial charge in [-0.25, -0.2) is 9.59 Å². The van der Waals surface area contributed by atoms with E-state index in [1.54, 1.807) is 17.0 Å². The van der Waals surface area contributed by atoms with Gasteiger partial charge in [0.1, 0.15) is 18.0 Å². The van der Waals surface area contributed by atoms with E-state index in [9.17, 15) is 14.7 Å². The minimum atomic E-state index is -0.954. The molecule has 0 saturated heterocycles. The molecule has 0 radical (unpaired) electrons. The normalized spacial score (nSPS) is 17.7. The number of allylic oxidation sites excluding steroid dienone is 1.